The summed E-state index contributed by atoms with van der Waals surface area (Å²) in [6.07, 6.45) is 4.24. The number of carbonyl (C=O) groups is 1. The van der Waals surface area contributed by atoms with Crippen molar-refractivity contribution in [1.82, 2.24) is 4.31 Å². The Hall–Kier alpha value is -0.620. The van der Waals surface area contributed by atoms with Crippen LogP contribution in [0.2, 0.25) is 0 Å². The summed E-state index contributed by atoms with van der Waals surface area (Å²) in [5, 5.41) is 8.16. The molecule has 88 valence electrons. The normalized spacial score (nSPS) is 19.3. The summed E-state index contributed by atoms with van der Waals surface area (Å²) in [7, 11) is -2.07. The topological polar surface area (TPSA) is 74.7 Å². The Labute approximate surface area is 90.1 Å². The summed E-state index contributed by atoms with van der Waals surface area (Å²) >= 11 is 0. The molecular weight excluding hydrogens is 218 g/mol. The highest BCUT2D eigenvalue weighted by molar-refractivity contribution is 7.89. The monoisotopic (exact) mass is 235 g/mol. The number of hydrogen-bond acceptors (Lipinski definition) is 3. The van der Waals surface area contributed by atoms with Crippen LogP contribution in [0.3, 0.4) is 0 Å². The van der Waals surface area contributed by atoms with Gasteiger partial charge in [-0.1, -0.05) is 19.3 Å². The van der Waals surface area contributed by atoms with Gasteiger partial charge in [0.2, 0.25) is 10.0 Å². The predicted octanol–water partition coefficient (Wildman–Crippen LogP) is 0.665. The summed E-state index contributed by atoms with van der Waals surface area (Å²) in [5.74, 6) is -1.11. The van der Waals surface area contributed by atoms with Crippen LogP contribution in [0.1, 0.15) is 32.1 Å². The van der Waals surface area contributed by atoms with Gasteiger partial charge in [-0.05, 0) is 12.8 Å². The van der Waals surface area contributed by atoms with E-state index in [1.807, 2.05) is 0 Å². The summed E-state index contributed by atoms with van der Waals surface area (Å²) in [5.41, 5.74) is 0. The van der Waals surface area contributed by atoms with E-state index < -0.39 is 22.5 Å². The predicted molar refractivity (Wildman–Crippen MR) is 56.1 cm³/mol. The van der Waals surface area contributed by atoms with Gasteiger partial charge in [0.25, 0.3) is 0 Å². The van der Waals surface area contributed by atoms with Crippen molar-refractivity contribution in [3.05, 3.63) is 0 Å². The Bertz CT molecular complexity index is 319. The third-order valence-corrected chi connectivity index (χ3v) is 5.08. The van der Waals surface area contributed by atoms with E-state index in [1.54, 1.807) is 0 Å². The second kappa shape index (κ2) is 4.94. The molecule has 1 saturated carbocycles. The molecule has 1 rings (SSSR count). The molecule has 6 heteroatoms. The standard InChI is InChI=1S/C9H17NO4S/c1-10(7-9(11)12)15(13,14)8-5-3-2-4-6-8/h8H,2-7H2,1H3,(H,11,12). The Morgan fingerprint density at radius 1 is 1.33 bits per heavy atom. The third kappa shape index (κ3) is 3.17. The molecular formula is C9H17NO4S. The van der Waals surface area contributed by atoms with Crippen LogP contribution in [0.4, 0.5) is 0 Å². The largest absolute Gasteiger partial charge is 0.480 e. The van der Waals surface area contributed by atoms with Crippen LogP contribution in [0.5, 0.6) is 0 Å². The molecule has 0 atom stereocenters. The van der Waals surface area contributed by atoms with Gasteiger partial charge in [0.15, 0.2) is 0 Å². The van der Waals surface area contributed by atoms with E-state index in [4.69, 9.17) is 5.11 Å². The highest BCUT2D eigenvalue weighted by Crippen LogP contribution is 2.25. The fourth-order valence-electron chi connectivity index (χ4n) is 1.90. The molecule has 0 radical (unpaired) electrons. The third-order valence-electron chi connectivity index (χ3n) is 2.77. The molecule has 0 saturated heterocycles. The summed E-state index contributed by atoms with van der Waals surface area (Å²) in [4.78, 5) is 10.4. The van der Waals surface area contributed by atoms with E-state index in [0.717, 1.165) is 23.6 Å². The van der Waals surface area contributed by atoms with Crippen LogP contribution in [0, 0.1) is 0 Å². The zero-order chi connectivity index (χ0) is 11.5. The van der Waals surface area contributed by atoms with Crippen LogP contribution in [0.25, 0.3) is 0 Å². The van der Waals surface area contributed by atoms with E-state index >= 15 is 0 Å². The number of carboxylic acid groups (broad SMARTS) is 1. The molecule has 1 fully saturated rings. The van der Waals surface area contributed by atoms with Gasteiger partial charge in [0.05, 0.1) is 5.25 Å². The molecule has 0 aromatic heterocycles. The molecule has 0 amide bonds. The zero-order valence-electron chi connectivity index (χ0n) is 8.85. The minimum Gasteiger partial charge on any atom is -0.480 e. The van der Waals surface area contributed by atoms with Gasteiger partial charge in [0.1, 0.15) is 6.54 Å². The highest BCUT2D eigenvalue weighted by Gasteiger charge is 2.31. The molecule has 1 aliphatic carbocycles. The minimum atomic E-state index is -3.40. The molecule has 0 aliphatic heterocycles. The zero-order valence-corrected chi connectivity index (χ0v) is 9.66. The van der Waals surface area contributed by atoms with E-state index in [1.165, 1.54) is 7.05 Å². The van der Waals surface area contributed by atoms with E-state index in [-0.39, 0.29) is 5.25 Å². The summed E-state index contributed by atoms with van der Waals surface area (Å²) in [6, 6.07) is 0. The second-order valence-electron chi connectivity index (χ2n) is 3.95. The lowest BCUT2D eigenvalue weighted by molar-refractivity contribution is -0.137. The maximum absolute atomic E-state index is 11.9. The smallest absolute Gasteiger partial charge is 0.318 e. The van der Waals surface area contributed by atoms with Gasteiger partial charge in [-0.15, -0.1) is 0 Å². The maximum Gasteiger partial charge on any atom is 0.318 e. The van der Waals surface area contributed by atoms with Gasteiger partial charge in [0, 0.05) is 7.05 Å². The first-order chi connectivity index (χ1) is 6.94. The average molecular weight is 235 g/mol. The van der Waals surface area contributed by atoms with Crippen molar-refractivity contribution in [1.29, 1.82) is 0 Å². The minimum absolute atomic E-state index is 0.379. The number of aliphatic carboxylic acids is 1. The number of rotatable bonds is 4. The lowest BCUT2D eigenvalue weighted by Crippen LogP contribution is -2.39. The fourth-order valence-corrected chi connectivity index (χ4v) is 3.63. The number of sulfonamides is 1. The first-order valence-corrected chi connectivity index (χ1v) is 6.62. The van der Waals surface area contributed by atoms with Crippen molar-refractivity contribution in [2.75, 3.05) is 13.6 Å². The van der Waals surface area contributed by atoms with Gasteiger partial charge in [-0.3, -0.25) is 4.79 Å². The van der Waals surface area contributed by atoms with Crippen molar-refractivity contribution in [2.24, 2.45) is 0 Å². The van der Waals surface area contributed by atoms with Crippen molar-refractivity contribution >= 4 is 16.0 Å². The number of likely N-dealkylation sites (N-methyl/N-ethyl adjacent to an activating group) is 1. The molecule has 15 heavy (non-hydrogen) atoms. The van der Waals surface area contributed by atoms with Crippen molar-refractivity contribution in [2.45, 2.75) is 37.4 Å². The van der Waals surface area contributed by atoms with Crippen LogP contribution >= 0.6 is 0 Å². The van der Waals surface area contributed by atoms with E-state index in [0.29, 0.717) is 12.8 Å². The van der Waals surface area contributed by atoms with Crippen LogP contribution in [-0.4, -0.2) is 42.6 Å². The molecule has 1 N–H and O–H groups in total. The van der Waals surface area contributed by atoms with Crippen molar-refractivity contribution in [3.8, 4) is 0 Å². The van der Waals surface area contributed by atoms with Crippen molar-refractivity contribution in [3.63, 3.8) is 0 Å². The summed E-state index contributed by atoms with van der Waals surface area (Å²) in [6.45, 7) is -0.446. The molecule has 1 aliphatic rings. The molecule has 0 aromatic carbocycles. The Morgan fingerprint density at radius 2 is 1.87 bits per heavy atom. The molecule has 0 heterocycles. The quantitative estimate of drug-likeness (QED) is 0.777. The Morgan fingerprint density at radius 3 is 2.33 bits per heavy atom. The Kier molecular flexibility index (Phi) is 4.10. The number of nitrogens with zero attached hydrogens (tertiary/aromatic N) is 1. The fraction of sp³-hybridized carbons (Fsp3) is 0.889. The first-order valence-electron chi connectivity index (χ1n) is 5.11. The highest BCUT2D eigenvalue weighted by atomic mass is 32.2. The SMILES string of the molecule is CN(CC(=O)O)S(=O)(=O)C1CCCCC1. The van der Waals surface area contributed by atoms with Gasteiger partial charge in [-0.2, -0.15) is 4.31 Å². The molecule has 0 unspecified atom stereocenters. The second-order valence-corrected chi connectivity index (χ2v) is 6.27. The van der Waals surface area contributed by atoms with Crippen LogP contribution < -0.4 is 0 Å². The average Bonchev–Trinajstić information content (AvgIpc) is 2.18. The number of carboxylic acids is 1. The summed E-state index contributed by atoms with van der Waals surface area (Å²) < 4.78 is 24.7. The lowest BCUT2D eigenvalue weighted by Gasteiger charge is -2.26. The lowest BCUT2D eigenvalue weighted by atomic mass is 10.0. The maximum atomic E-state index is 11.9. The van der Waals surface area contributed by atoms with E-state index in [9.17, 15) is 13.2 Å². The van der Waals surface area contributed by atoms with Gasteiger partial charge < -0.3 is 5.11 Å². The van der Waals surface area contributed by atoms with Gasteiger partial charge >= 0.3 is 5.97 Å². The first kappa shape index (κ1) is 12.4. The van der Waals surface area contributed by atoms with Gasteiger partial charge in [-0.25, -0.2) is 8.42 Å². The van der Waals surface area contributed by atoms with Crippen LogP contribution in [-0.2, 0) is 14.8 Å². The number of hydrogen-bond donors (Lipinski definition) is 1. The van der Waals surface area contributed by atoms with Crippen LogP contribution in [0.15, 0.2) is 0 Å². The Balaban J connectivity index is 2.67. The molecule has 0 spiro atoms. The molecule has 0 aromatic rings. The molecule has 0 bridgehead atoms. The van der Waals surface area contributed by atoms with E-state index in [2.05, 4.69) is 0 Å². The van der Waals surface area contributed by atoms with Crippen molar-refractivity contribution < 1.29 is 18.3 Å². The molecule has 5 nitrogen and oxygen atoms in total.